The van der Waals surface area contributed by atoms with Gasteiger partial charge in [-0.2, -0.15) is 0 Å². The molecule has 2 aromatic rings. The zero-order valence-corrected chi connectivity index (χ0v) is 20.0. The van der Waals surface area contributed by atoms with Crippen molar-refractivity contribution < 1.29 is 14.3 Å². The quantitative estimate of drug-likeness (QED) is 0.599. The van der Waals surface area contributed by atoms with Crippen molar-refractivity contribution in [2.24, 2.45) is 0 Å². The van der Waals surface area contributed by atoms with Crippen LogP contribution in [0.5, 0.6) is 5.75 Å². The van der Waals surface area contributed by atoms with E-state index in [1.165, 1.54) is 16.2 Å². The van der Waals surface area contributed by atoms with Gasteiger partial charge in [-0.3, -0.25) is 14.5 Å². The van der Waals surface area contributed by atoms with Crippen LogP contribution in [-0.2, 0) is 9.59 Å². The Labute approximate surface area is 196 Å². The fraction of sp³-hybridized carbons (Fsp3) is 0.407. The standard InChI is InChI=1S/C27H33N3O3/c1-5-13-30-26(31)24(21-9-11-23(12-10-21)33-19(2)3)25(27(30)32)29-16-14-28(15-17-29)22-8-6-7-20(4)18-22/h6-12,18-19H,5,13-17H2,1-4H3. The Bertz CT molecular complexity index is 1050. The number of nitrogens with zero attached hydrogens (tertiary/aromatic N) is 3. The third-order valence-corrected chi connectivity index (χ3v) is 6.07. The van der Waals surface area contributed by atoms with Gasteiger partial charge in [-0.05, 0) is 62.6 Å². The number of hydrogen-bond acceptors (Lipinski definition) is 5. The molecule has 2 aliphatic heterocycles. The van der Waals surface area contributed by atoms with Gasteiger partial charge in [-0.25, -0.2) is 0 Å². The van der Waals surface area contributed by atoms with E-state index in [-0.39, 0.29) is 17.9 Å². The van der Waals surface area contributed by atoms with Gasteiger partial charge in [0.1, 0.15) is 11.4 Å². The van der Waals surface area contributed by atoms with Gasteiger partial charge in [0.2, 0.25) is 0 Å². The summed E-state index contributed by atoms with van der Waals surface area (Å²) in [5, 5.41) is 0. The van der Waals surface area contributed by atoms with Gasteiger partial charge >= 0.3 is 0 Å². The van der Waals surface area contributed by atoms with Crippen LogP contribution in [0.25, 0.3) is 5.57 Å². The second-order valence-electron chi connectivity index (χ2n) is 8.99. The molecule has 1 saturated heterocycles. The zero-order chi connectivity index (χ0) is 23.5. The zero-order valence-electron chi connectivity index (χ0n) is 20.0. The molecule has 0 unspecified atom stereocenters. The van der Waals surface area contributed by atoms with Crippen LogP contribution < -0.4 is 9.64 Å². The number of carbonyl (C=O) groups is 2. The maximum absolute atomic E-state index is 13.4. The second-order valence-corrected chi connectivity index (χ2v) is 8.99. The van der Waals surface area contributed by atoms with Gasteiger partial charge in [-0.1, -0.05) is 31.2 Å². The number of imide groups is 1. The Morgan fingerprint density at radius 3 is 2.18 bits per heavy atom. The van der Waals surface area contributed by atoms with Gasteiger partial charge in [0, 0.05) is 38.4 Å². The normalized spacial score (nSPS) is 16.9. The first-order valence-corrected chi connectivity index (χ1v) is 11.8. The van der Waals surface area contributed by atoms with Crippen LogP contribution in [0, 0.1) is 6.92 Å². The van der Waals surface area contributed by atoms with Crippen molar-refractivity contribution in [2.45, 2.75) is 40.2 Å². The predicted octanol–water partition coefficient (Wildman–Crippen LogP) is 4.09. The summed E-state index contributed by atoms with van der Waals surface area (Å²) in [6.45, 7) is 11.5. The smallest absolute Gasteiger partial charge is 0.277 e. The highest BCUT2D eigenvalue weighted by Gasteiger charge is 2.41. The lowest BCUT2D eigenvalue weighted by atomic mass is 10.0. The molecule has 0 spiro atoms. The lowest BCUT2D eigenvalue weighted by Crippen LogP contribution is -2.47. The Morgan fingerprint density at radius 1 is 0.909 bits per heavy atom. The average Bonchev–Trinajstić information content (AvgIpc) is 3.04. The van der Waals surface area contributed by atoms with Crippen LogP contribution in [0.3, 0.4) is 0 Å². The fourth-order valence-electron chi connectivity index (χ4n) is 4.53. The number of piperazine rings is 1. The van der Waals surface area contributed by atoms with E-state index < -0.39 is 0 Å². The number of carbonyl (C=O) groups excluding carboxylic acids is 2. The van der Waals surface area contributed by atoms with Crippen molar-refractivity contribution in [3.8, 4) is 5.75 Å². The molecule has 6 heteroatoms. The van der Waals surface area contributed by atoms with E-state index in [0.717, 1.165) is 30.8 Å². The molecule has 6 nitrogen and oxygen atoms in total. The molecule has 0 bridgehead atoms. The number of ether oxygens (including phenoxy) is 1. The number of benzene rings is 2. The maximum Gasteiger partial charge on any atom is 0.277 e. The minimum absolute atomic E-state index is 0.0741. The molecule has 1 fully saturated rings. The first-order chi connectivity index (χ1) is 15.9. The molecule has 2 heterocycles. The first kappa shape index (κ1) is 22.9. The summed E-state index contributed by atoms with van der Waals surface area (Å²) in [4.78, 5) is 32.5. The highest BCUT2D eigenvalue weighted by molar-refractivity contribution is 6.35. The lowest BCUT2D eigenvalue weighted by molar-refractivity contribution is -0.137. The largest absolute Gasteiger partial charge is 0.491 e. The van der Waals surface area contributed by atoms with E-state index in [0.29, 0.717) is 30.9 Å². The van der Waals surface area contributed by atoms with E-state index in [1.807, 2.05) is 45.0 Å². The van der Waals surface area contributed by atoms with Crippen LogP contribution >= 0.6 is 0 Å². The summed E-state index contributed by atoms with van der Waals surface area (Å²) >= 11 is 0. The van der Waals surface area contributed by atoms with Gasteiger partial charge < -0.3 is 14.5 Å². The minimum atomic E-state index is -0.199. The van der Waals surface area contributed by atoms with Crippen molar-refractivity contribution in [2.75, 3.05) is 37.6 Å². The molecule has 0 aliphatic carbocycles. The molecule has 0 atom stereocenters. The number of anilines is 1. The van der Waals surface area contributed by atoms with Gasteiger partial charge in [0.15, 0.2) is 0 Å². The van der Waals surface area contributed by atoms with Crippen molar-refractivity contribution in [1.82, 2.24) is 9.80 Å². The van der Waals surface area contributed by atoms with Crippen LogP contribution in [-0.4, -0.2) is 60.4 Å². The molecule has 2 amide bonds. The summed E-state index contributed by atoms with van der Waals surface area (Å²) in [6, 6.07) is 16.0. The van der Waals surface area contributed by atoms with Crippen LogP contribution in [0.1, 0.15) is 38.3 Å². The molecule has 0 N–H and O–H groups in total. The molecule has 2 aliphatic rings. The van der Waals surface area contributed by atoms with Crippen LogP contribution in [0.2, 0.25) is 0 Å². The average molecular weight is 448 g/mol. The van der Waals surface area contributed by atoms with Crippen molar-refractivity contribution >= 4 is 23.1 Å². The summed E-state index contributed by atoms with van der Waals surface area (Å²) in [5.74, 6) is 0.378. The van der Waals surface area contributed by atoms with Crippen LogP contribution in [0.15, 0.2) is 54.2 Å². The van der Waals surface area contributed by atoms with E-state index in [9.17, 15) is 9.59 Å². The fourth-order valence-corrected chi connectivity index (χ4v) is 4.53. The minimum Gasteiger partial charge on any atom is -0.491 e. The topological polar surface area (TPSA) is 53.1 Å². The van der Waals surface area contributed by atoms with Gasteiger partial charge in [0.25, 0.3) is 11.8 Å². The third-order valence-electron chi connectivity index (χ3n) is 6.07. The number of rotatable bonds is 7. The second kappa shape index (κ2) is 9.69. The number of hydrogen-bond donors (Lipinski definition) is 0. The molecule has 0 saturated carbocycles. The SMILES string of the molecule is CCCN1C(=O)C(c2ccc(OC(C)C)cc2)=C(N2CCN(c3cccc(C)c3)CC2)C1=O. The van der Waals surface area contributed by atoms with Gasteiger partial charge in [0.05, 0.1) is 11.7 Å². The lowest BCUT2D eigenvalue weighted by Gasteiger charge is -2.37. The van der Waals surface area contributed by atoms with E-state index >= 15 is 0 Å². The van der Waals surface area contributed by atoms with E-state index in [4.69, 9.17) is 4.74 Å². The summed E-state index contributed by atoms with van der Waals surface area (Å²) in [6.07, 6.45) is 0.811. The first-order valence-electron chi connectivity index (χ1n) is 11.8. The van der Waals surface area contributed by atoms with Crippen LogP contribution in [0.4, 0.5) is 5.69 Å². The molecule has 0 radical (unpaired) electrons. The van der Waals surface area contributed by atoms with Crippen molar-refractivity contribution in [3.05, 3.63) is 65.4 Å². The maximum atomic E-state index is 13.4. The third kappa shape index (κ3) is 4.75. The highest BCUT2D eigenvalue weighted by Crippen LogP contribution is 2.33. The molecular weight excluding hydrogens is 414 g/mol. The molecule has 174 valence electrons. The molecule has 4 rings (SSSR count). The Kier molecular flexibility index (Phi) is 6.72. The Hall–Kier alpha value is -3.28. The summed E-state index contributed by atoms with van der Waals surface area (Å²) in [5.41, 5.74) is 4.24. The predicted molar refractivity (Wildman–Crippen MR) is 131 cm³/mol. The number of aryl methyl sites for hydroxylation is 1. The Morgan fingerprint density at radius 2 is 1.58 bits per heavy atom. The Balaban J connectivity index is 1.61. The number of amides is 2. The monoisotopic (exact) mass is 447 g/mol. The van der Waals surface area contributed by atoms with E-state index in [2.05, 4.69) is 41.0 Å². The van der Waals surface area contributed by atoms with Gasteiger partial charge in [-0.15, -0.1) is 0 Å². The molecule has 33 heavy (non-hydrogen) atoms. The molecule has 0 aromatic heterocycles. The summed E-state index contributed by atoms with van der Waals surface area (Å²) < 4.78 is 5.75. The molecular formula is C27H33N3O3. The highest BCUT2D eigenvalue weighted by atomic mass is 16.5. The van der Waals surface area contributed by atoms with Crippen molar-refractivity contribution in [1.29, 1.82) is 0 Å². The summed E-state index contributed by atoms with van der Waals surface area (Å²) in [7, 11) is 0. The van der Waals surface area contributed by atoms with Crippen molar-refractivity contribution in [3.63, 3.8) is 0 Å². The molecule has 2 aromatic carbocycles. The van der Waals surface area contributed by atoms with E-state index in [1.54, 1.807) is 0 Å².